The van der Waals surface area contributed by atoms with Crippen molar-refractivity contribution in [3.05, 3.63) is 77.4 Å². The molecule has 0 fully saturated rings. The number of nitrogens with zero attached hydrogens (tertiary/aromatic N) is 3. The molecule has 230 valence electrons. The third kappa shape index (κ3) is 6.24. The first-order valence-corrected chi connectivity index (χ1v) is 14.5. The molecule has 0 saturated heterocycles. The number of methoxy groups -OCH3 is 3. The highest BCUT2D eigenvalue weighted by Crippen LogP contribution is 2.38. The number of benzene rings is 2. The van der Waals surface area contributed by atoms with Crippen LogP contribution in [-0.2, 0) is 20.8 Å². The lowest BCUT2D eigenvalue weighted by molar-refractivity contribution is -0.159. The fourth-order valence-corrected chi connectivity index (χ4v) is 5.39. The molecule has 0 aliphatic heterocycles. The average Bonchev–Trinajstić information content (AvgIpc) is 3.64. The van der Waals surface area contributed by atoms with Gasteiger partial charge in [0.15, 0.2) is 5.82 Å². The molecule has 0 radical (unpaired) electrons. The van der Waals surface area contributed by atoms with Gasteiger partial charge in [-0.3, -0.25) is 9.20 Å². The Bertz CT molecular complexity index is 1750. The second-order valence-corrected chi connectivity index (χ2v) is 11.7. The number of esters is 2. The van der Waals surface area contributed by atoms with Crippen LogP contribution in [0.25, 0.3) is 22.3 Å². The molecule has 1 atom stereocenters. The van der Waals surface area contributed by atoms with Gasteiger partial charge in [-0.1, -0.05) is 12.1 Å². The first-order chi connectivity index (χ1) is 21.0. The highest BCUT2D eigenvalue weighted by atomic mass is 16.6. The van der Waals surface area contributed by atoms with Gasteiger partial charge in [0.1, 0.15) is 34.1 Å². The van der Waals surface area contributed by atoms with Gasteiger partial charge in [0.25, 0.3) is 0 Å². The molecule has 4 aromatic rings. The smallest absolute Gasteiger partial charge is 0.338 e. The Balaban J connectivity index is 1.57. The van der Waals surface area contributed by atoms with Crippen molar-refractivity contribution in [2.75, 3.05) is 26.6 Å². The normalized spacial score (nSPS) is 14.7. The highest BCUT2D eigenvalue weighted by Gasteiger charge is 2.31. The van der Waals surface area contributed by atoms with Crippen LogP contribution in [0.1, 0.15) is 60.9 Å². The molecule has 44 heavy (non-hydrogen) atoms. The standard InChI is InChI=1S/C34H38N4O6/c1-20-16-21(11-13-26(20)33(40)43-7)28-29-30(36-19-24-10-12-25(41-5)18-27(24)42-6)35-14-15-38(29)31(37-28)22-8-9-23(17-22)32(39)44-34(2,3)4/h8,10-16,18,23H,9,17,19H2,1-7H3,(H,35,36). The molecular formula is C34H38N4O6. The summed E-state index contributed by atoms with van der Waals surface area (Å²) in [6.45, 7) is 7.92. The van der Waals surface area contributed by atoms with E-state index in [0.29, 0.717) is 48.0 Å². The van der Waals surface area contributed by atoms with Crippen molar-refractivity contribution in [3.63, 3.8) is 0 Å². The van der Waals surface area contributed by atoms with Crippen LogP contribution in [0.2, 0.25) is 0 Å². The molecular weight excluding hydrogens is 560 g/mol. The second kappa shape index (κ2) is 12.4. The van der Waals surface area contributed by atoms with Gasteiger partial charge in [0.05, 0.1) is 32.8 Å². The molecule has 2 aromatic heterocycles. The number of anilines is 1. The van der Waals surface area contributed by atoms with Crippen molar-refractivity contribution >= 4 is 28.8 Å². The van der Waals surface area contributed by atoms with Crippen molar-refractivity contribution in [2.24, 2.45) is 5.92 Å². The summed E-state index contributed by atoms with van der Waals surface area (Å²) in [5.41, 5.74) is 4.86. The molecule has 0 spiro atoms. The lowest BCUT2D eigenvalue weighted by Crippen LogP contribution is -2.27. The predicted molar refractivity (Wildman–Crippen MR) is 168 cm³/mol. The summed E-state index contributed by atoms with van der Waals surface area (Å²) in [5.74, 6) is 1.86. The van der Waals surface area contributed by atoms with Gasteiger partial charge >= 0.3 is 11.9 Å². The van der Waals surface area contributed by atoms with Crippen LogP contribution in [0.3, 0.4) is 0 Å². The maximum absolute atomic E-state index is 12.9. The summed E-state index contributed by atoms with van der Waals surface area (Å²) >= 11 is 0. The minimum Gasteiger partial charge on any atom is -0.497 e. The zero-order valence-electron chi connectivity index (χ0n) is 26.2. The predicted octanol–water partition coefficient (Wildman–Crippen LogP) is 6.26. The minimum atomic E-state index is -0.556. The Morgan fingerprint density at radius 2 is 1.86 bits per heavy atom. The van der Waals surface area contributed by atoms with Crippen molar-refractivity contribution in [2.45, 2.75) is 52.7 Å². The van der Waals surface area contributed by atoms with Crippen LogP contribution in [0, 0.1) is 12.8 Å². The van der Waals surface area contributed by atoms with Gasteiger partial charge in [0.2, 0.25) is 0 Å². The van der Waals surface area contributed by atoms with Crippen LogP contribution in [0.4, 0.5) is 5.82 Å². The number of ether oxygens (including phenoxy) is 4. The third-order valence-corrected chi connectivity index (χ3v) is 7.54. The molecule has 1 aliphatic carbocycles. The first kappa shape index (κ1) is 30.6. The number of aryl methyl sites for hydroxylation is 1. The molecule has 1 aliphatic rings. The Morgan fingerprint density at radius 3 is 2.55 bits per heavy atom. The average molecular weight is 599 g/mol. The number of aromatic nitrogens is 3. The molecule has 10 heteroatoms. The quantitative estimate of drug-likeness (QED) is 0.223. The molecule has 10 nitrogen and oxygen atoms in total. The Morgan fingerprint density at radius 1 is 1.07 bits per heavy atom. The number of carbonyl (C=O) groups is 2. The van der Waals surface area contributed by atoms with E-state index in [2.05, 4.69) is 11.4 Å². The topological polar surface area (TPSA) is 113 Å². The highest BCUT2D eigenvalue weighted by molar-refractivity contribution is 5.94. The van der Waals surface area contributed by atoms with Crippen molar-refractivity contribution < 1.29 is 28.5 Å². The van der Waals surface area contributed by atoms with E-state index < -0.39 is 11.6 Å². The number of carbonyl (C=O) groups excluding carboxylic acids is 2. The summed E-state index contributed by atoms with van der Waals surface area (Å²) < 4.78 is 23.6. The maximum Gasteiger partial charge on any atom is 0.338 e. The Kier molecular flexibility index (Phi) is 8.62. The third-order valence-electron chi connectivity index (χ3n) is 7.54. The van der Waals surface area contributed by atoms with E-state index in [1.165, 1.54) is 7.11 Å². The zero-order valence-corrected chi connectivity index (χ0v) is 26.2. The zero-order chi connectivity index (χ0) is 31.6. The van der Waals surface area contributed by atoms with Gasteiger partial charge in [0, 0.05) is 36.1 Å². The van der Waals surface area contributed by atoms with E-state index in [-0.39, 0.29) is 11.9 Å². The number of hydrogen-bond donors (Lipinski definition) is 1. The summed E-state index contributed by atoms with van der Waals surface area (Å²) in [6.07, 6.45) is 6.75. The lowest BCUT2D eigenvalue weighted by Gasteiger charge is -2.22. The van der Waals surface area contributed by atoms with Crippen LogP contribution in [0.15, 0.2) is 54.9 Å². The van der Waals surface area contributed by atoms with Crippen LogP contribution in [0.5, 0.6) is 11.5 Å². The van der Waals surface area contributed by atoms with Crippen molar-refractivity contribution in [1.29, 1.82) is 0 Å². The van der Waals surface area contributed by atoms with E-state index in [9.17, 15) is 9.59 Å². The fraction of sp³-hybridized carbons (Fsp3) is 0.353. The molecule has 2 aromatic carbocycles. The summed E-state index contributed by atoms with van der Waals surface area (Å²) in [4.78, 5) is 35.0. The van der Waals surface area contributed by atoms with Gasteiger partial charge < -0.3 is 24.3 Å². The number of hydrogen-bond acceptors (Lipinski definition) is 9. The van der Waals surface area contributed by atoms with Gasteiger partial charge in [-0.15, -0.1) is 0 Å². The number of allylic oxidation sites excluding steroid dienone is 2. The van der Waals surface area contributed by atoms with E-state index in [4.69, 9.17) is 28.9 Å². The van der Waals surface area contributed by atoms with Crippen LogP contribution in [-0.4, -0.2) is 53.2 Å². The molecule has 1 unspecified atom stereocenters. The number of fused-ring (bicyclic) bond motifs is 1. The molecule has 2 heterocycles. The Hall–Kier alpha value is -4.86. The summed E-state index contributed by atoms with van der Waals surface area (Å²) in [7, 11) is 4.61. The summed E-state index contributed by atoms with van der Waals surface area (Å²) in [6, 6.07) is 11.2. The monoisotopic (exact) mass is 598 g/mol. The number of rotatable bonds is 9. The SMILES string of the molecule is COC(=O)c1ccc(-c2nc(C3=CCC(C(=O)OC(C)(C)C)C3)n3ccnc(NCc4ccc(OC)cc4OC)c23)cc1C. The largest absolute Gasteiger partial charge is 0.497 e. The van der Waals surface area contributed by atoms with E-state index in [1.54, 1.807) is 26.5 Å². The first-order valence-electron chi connectivity index (χ1n) is 14.5. The van der Waals surface area contributed by atoms with Gasteiger partial charge in [-0.05, 0) is 75.9 Å². The van der Waals surface area contributed by atoms with Gasteiger partial charge in [-0.25, -0.2) is 14.8 Å². The molecule has 0 bridgehead atoms. The maximum atomic E-state index is 12.9. The van der Waals surface area contributed by atoms with E-state index in [1.807, 2.05) is 68.6 Å². The Labute approximate surface area is 257 Å². The number of nitrogens with one attached hydrogen (secondary N) is 1. The molecule has 5 rings (SSSR count). The second-order valence-electron chi connectivity index (χ2n) is 11.7. The lowest BCUT2D eigenvalue weighted by atomic mass is 10.0. The number of imidazole rings is 1. The molecule has 0 amide bonds. The summed E-state index contributed by atoms with van der Waals surface area (Å²) in [5, 5.41) is 3.48. The van der Waals surface area contributed by atoms with Crippen molar-refractivity contribution in [1.82, 2.24) is 14.4 Å². The minimum absolute atomic E-state index is 0.212. The molecule has 0 saturated carbocycles. The van der Waals surface area contributed by atoms with E-state index in [0.717, 1.165) is 33.6 Å². The fourth-order valence-electron chi connectivity index (χ4n) is 5.39. The van der Waals surface area contributed by atoms with Crippen LogP contribution >= 0.6 is 0 Å². The van der Waals surface area contributed by atoms with E-state index >= 15 is 0 Å². The van der Waals surface area contributed by atoms with Crippen molar-refractivity contribution in [3.8, 4) is 22.8 Å². The van der Waals surface area contributed by atoms with Gasteiger partial charge in [-0.2, -0.15) is 0 Å². The molecule has 1 N–H and O–H groups in total. The van der Waals surface area contributed by atoms with Crippen LogP contribution < -0.4 is 14.8 Å².